The van der Waals surface area contributed by atoms with Gasteiger partial charge in [-0.1, -0.05) is 17.7 Å². The fourth-order valence-electron chi connectivity index (χ4n) is 2.83. The third-order valence-corrected chi connectivity index (χ3v) is 4.96. The number of benzene rings is 1. The number of hydrogen-bond donors (Lipinski definition) is 0. The molecule has 1 saturated heterocycles. The lowest BCUT2D eigenvalue weighted by Crippen LogP contribution is -2.56. The molecular weight excluding hydrogens is 306 g/mol. The van der Waals surface area contributed by atoms with Gasteiger partial charge in [0.05, 0.1) is 5.55 Å². The third-order valence-electron chi connectivity index (χ3n) is 3.97. The standard InChI is InChI=1S/C15H18ClN3OS/c1-11-8-18(14-9-21-10-17-14)5-6-19(11)15(20)12-3-2-4-13(16)7-12/h2-4,7,10-11,14H,5-6,8-9H2,1H3/t11-,14?/m1/s1. The molecule has 0 saturated carbocycles. The van der Waals surface area contributed by atoms with Crippen LogP contribution in [0.3, 0.4) is 0 Å². The van der Waals surface area contributed by atoms with Crippen LogP contribution in [0.15, 0.2) is 29.3 Å². The molecule has 2 aliphatic rings. The molecule has 6 heteroatoms. The van der Waals surface area contributed by atoms with E-state index in [1.807, 2.05) is 22.6 Å². The Kier molecular flexibility index (Phi) is 4.52. The van der Waals surface area contributed by atoms with Crippen molar-refractivity contribution in [1.82, 2.24) is 9.80 Å². The fourth-order valence-corrected chi connectivity index (χ4v) is 3.80. The summed E-state index contributed by atoms with van der Waals surface area (Å²) >= 11 is 7.73. The van der Waals surface area contributed by atoms with Gasteiger partial charge in [0.2, 0.25) is 0 Å². The van der Waals surface area contributed by atoms with Gasteiger partial charge in [0.1, 0.15) is 6.17 Å². The lowest BCUT2D eigenvalue weighted by Gasteiger charge is -2.41. The Morgan fingerprint density at radius 1 is 1.43 bits per heavy atom. The second-order valence-electron chi connectivity index (χ2n) is 5.42. The quantitative estimate of drug-likeness (QED) is 0.839. The lowest BCUT2D eigenvalue weighted by molar-refractivity contribution is 0.0424. The summed E-state index contributed by atoms with van der Waals surface area (Å²) in [5, 5.41) is 0.601. The Balaban J connectivity index is 1.67. The van der Waals surface area contributed by atoms with Crippen molar-refractivity contribution in [1.29, 1.82) is 0 Å². The fraction of sp³-hybridized carbons (Fsp3) is 0.467. The van der Waals surface area contributed by atoms with Crippen molar-refractivity contribution in [3.8, 4) is 0 Å². The molecule has 0 spiro atoms. The summed E-state index contributed by atoms with van der Waals surface area (Å²) in [6.45, 7) is 4.58. The van der Waals surface area contributed by atoms with Crippen LogP contribution in [0.4, 0.5) is 0 Å². The van der Waals surface area contributed by atoms with Crippen molar-refractivity contribution in [2.24, 2.45) is 4.99 Å². The first-order valence-electron chi connectivity index (χ1n) is 7.09. The summed E-state index contributed by atoms with van der Waals surface area (Å²) in [6.07, 6.45) is 0.279. The Bertz CT molecular complexity index is 566. The lowest BCUT2D eigenvalue weighted by atomic mass is 10.1. The molecule has 1 unspecified atom stereocenters. The molecule has 2 heterocycles. The number of amides is 1. The zero-order chi connectivity index (χ0) is 14.8. The monoisotopic (exact) mass is 323 g/mol. The van der Waals surface area contributed by atoms with Crippen LogP contribution >= 0.6 is 23.4 Å². The van der Waals surface area contributed by atoms with Gasteiger partial charge in [-0.3, -0.25) is 14.7 Å². The third kappa shape index (κ3) is 3.25. The molecule has 1 aromatic rings. The highest BCUT2D eigenvalue weighted by atomic mass is 35.5. The van der Waals surface area contributed by atoms with Crippen molar-refractivity contribution in [3.63, 3.8) is 0 Å². The summed E-state index contributed by atoms with van der Waals surface area (Å²) in [6, 6.07) is 7.36. The number of hydrogen-bond acceptors (Lipinski definition) is 4. The van der Waals surface area contributed by atoms with Crippen LogP contribution in [-0.2, 0) is 0 Å². The molecule has 112 valence electrons. The molecule has 0 aliphatic carbocycles. The van der Waals surface area contributed by atoms with E-state index in [-0.39, 0.29) is 18.1 Å². The average Bonchev–Trinajstić information content (AvgIpc) is 3.00. The van der Waals surface area contributed by atoms with Gasteiger partial charge in [-0.25, -0.2) is 0 Å². The number of thioether (sulfide) groups is 1. The van der Waals surface area contributed by atoms with Crippen LogP contribution in [-0.4, -0.2) is 58.8 Å². The predicted molar refractivity (Wildman–Crippen MR) is 88.3 cm³/mol. The highest BCUT2D eigenvalue weighted by molar-refractivity contribution is 8.12. The SMILES string of the molecule is C[C@@H]1CN(C2CSC=N2)CCN1C(=O)c1cccc(Cl)c1. The molecule has 3 rings (SSSR count). The first-order chi connectivity index (χ1) is 10.1. The minimum atomic E-state index is 0.0638. The number of rotatable bonds is 2. The average molecular weight is 324 g/mol. The zero-order valence-corrected chi connectivity index (χ0v) is 13.5. The van der Waals surface area contributed by atoms with Crippen molar-refractivity contribution < 1.29 is 4.79 Å². The topological polar surface area (TPSA) is 35.9 Å². The first-order valence-corrected chi connectivity index (χ1v) is 8.51. The summed E-state index contributed by atoms with van der Waals surface area (Å²) in [7, 11) is 0. The molecule has 1 amide bonds. The number of nitrogens with zero attached hydrogens (tertiary/aromatic N) is 3. The van der Waals surface area contributed by atoms with E-state index in [9.17, 15) is 4.79 Å². The van der Waals surface area contributed by atoms with Gasteiger partial charge in [-0.05, 0) is 25.1 Å². The highest BCUT2D eigenvalue weighted by Crippen LogP contribution is 2.21. The summed E-state index contributed by atoms with van der Waals surface area (Å²) in [5.74, 6) is 1.09. The number of halogens is 1. The van der Waals surface area contributed by atoms with E-state index in [4.69, 9.17) is 11.6 Å². The largest absolute Gasteiger partial charge is 0.333 e. The van der Waals surface area contributed by atoms with Crippen LogP contribution in [0.2, 0.25) is 5.02 Å². The Morgan fingerprint density at radius 3 is 2.95 bits per heavy atom. The van der Waals surface area contributed by atoms with Gasteiger partial charge in [0, 0.05) is 42.0 Å². The van der Waals surface area contributed by atoms with E-state index in [2.05, 4.69) is 16.8 Å². The predicted octanol–water partition coefficient (Wildman–Crippen LogP) is 2.59. The zero-order valence-electron chi connectivity index (χ0n) is 11.9. The van der Waals surface area contributed by atoms with Crippen LogP contribution in [0.1, 0.15) is 17.3 Å². The number of piperazine rings is 1. The molecule has 2 atom stereocenters. The van der Waals surface area contributed by atoms with E-state index in [0.29, 0.717) is 10.6 Å². The minimum Gasteiger partial charge on any atom is -0.333 e. The second kappa shape index (κ2) is 6.38. The maximum Gasteiger partial charge on any atom is 0.254 e. The smallest absolute Gasteiger partial charge is 0.254 e. The summed E-state index contributed by atoms with van der Waals surface area (Å²) in [5.41, 5.74) is 2.59. The van der Waals surface area contributed by atoms with E-state index >= 15 is 0 Å². The Labute approximate surface area is 134 Å². The van der Waals surface area contributed by atoms with E-state index in [1.54, 1.807) is 23.9 Å². The molecule has 4 nitrogen and oxygen atoms in total. The highest BCUT2D eigenvalue weighted by Gasteiger charge is 2.31. The van der Waals surface area contributed by atoms with Crippen molar-refractivity contribution in [2.75, 3.05) is 25.4 Å². The van der Waals surface area contributed by atoms with Gasteiger partial charge < -0.3 is 4.90 Å². The van der Waals surface area contributed by atoms with Gasteiger partial charge >= 0.3 is 0 Å². The molecule has 1 aromatic carbocycles. The normalized spacial score (nSPS) is 26.3. The summed E-state index contributed by atoms with van der Waals surface area (Å²) < 4.78 is 0. The van der Waals surface area contributed by atoms with Crippen LogP contribution < -0.4 is 0 Å². The van der Waals surface area contributed by atoms with Gasteiger partial charge in [0.25, 0.3) is 5.91 Å². The molecule has 21 heavy (non-hydrogen) atoms. The molecule has 0 N–H and O–H groups in total. The van der Waals surface area contributed by atoms with Crippen LogP contribution in [0, 0.1) is 0 Å². The van der Waals surface area contributed by atoms with Crippen molar-refractivity contribution in [3.05, 3.63) is 34.9 Å². The van der Waals surface area contributed by atoms with E-state index < -0.39 is 0 Å². The molecule has 1 fully saturated rings. The molecule has 0 bridgehead atoms. The maximum atomic E-state index is 12.6. The van der Waals surface area contributed by atoms with Crippen molar-refractivity contribution >= 4 is 34.8 Å². The number of aliphatic imine (C=N–C) groups is 1. The molecule has 0 radical (unpaired) electrons. The van der Waals surface area contributed by atoms with Gasteiger partial charge in [0.15, 0.2) is 0 Å². The Morgan fingerprint density at radius 2 is 2.29 bits per heavy atom. The minimum absolute atomic E-state index is 0.0638. The molecule has 2 aliphatic heterocycles. The number of carbonyl (C=O) groups is 1. The van der Waals surface area contributed by atoms with Crippen molar-refractivity contribution in [2.45, 2.75) is 19.1 Å². The second-order valence-corrected chi connectivity index (χ2v) is 6.74. The van der Waals surface area contributed by atoms with Gasteiger partial charge in [-0.2, -0.15) is 0 Å². The maximum absolute atomic E-state index is 12.6. The van der Waals surface area contributed by atoms with Crippen LogP contribution in [0.25, 0.3) is 0 Å². The van der Waals surface area contributed by atoms with Crippen LogP contribution in [0.5, 0.6) is 0 Å². The number of carbonyl (C=O) groups excluding carboxylic acids is 1. The van der Waals surface area contributed by atoms with E-state index in [0.717, 1.165) is 25.4 Å². The van der Waals surface area contributed by atoms with E-state index in [1.165, 1.54) is 0 Å². The van der Waals surface area contributed by atoms with Gasteiger partial charge in [-0.15, -0.1) is 11.8 Å². The molecule has 0 aromatic heterocycles. The summed E-state index contributed by atoms with van der Waals surface area (Å²) in [4.78, 5) is 21.4. The Hall–Kier alpha value is -1.04. The molecular formula is C15H18ClN3OS. The first kappa shape index (κ1) is 14.9.